The highest BCUT2D eigenvalue weighted by atomic mass is 79.9. The number of halogens is 1. The average Bonchev–Trinajstić information content (AvgIpc) is 2.43. The summed E-state index contributed by atoms with van der Waals surface area (Å²) in [4.78, 5) is 22.4. The molecule has 88 valence electrons. The molecule has 0 spiro atoms. The maximum Gasteiger partial charge on any atom is 0.419 e. The molecule has 0 fully saturated rings. The molecule has 1 rings (SSSR count). The molecular formula is C10H11BrNO4-. The summed E-state index contributed by atoms with van der Waals surface area (Å²) >= 11 is 3.06. The van der Waals surface area contributed by atoms with Gasteiger partial charge in [0.25, 0.3) is 0 Å². The molecule has 0 aliphatic heterocycles. The molecular weight excluding hydrogens is 278 g/mol. The molecule has 1 aromatic heterocycles. The summed E-state index contributed by atoms with van der Waals surface area (Å²) < 4.78 is 6.27. The van der Waals surface area contributed by atoms with Crippen LogP contribution in [0.5, 0.6) is 0 Å². The monoisotopic (exact) mass is 288 g/mol. The predicted molar refractivity (Wildman–Crippen MR) is 58.1 cm³/mol. The van der Waals surface area contributed by atoms with Gasteiger partial charge in [-0.05, 0) is 48.8 Å². The van der Waals surface area contributed by atoms with E-state index in [0.717, 1.165) is 4.57 Å². The quantitative estimate of drug-likeness (QED) is 0.783. The summed E-state index contributed by atoms with van der Waals surface area (Å²) in [5.41, 5.74) is -0.939. The molecule has 0 unspecified atom stereocenters. The normalized spacial score (nSPS) is 11.2. The van der Waals surface area contributed by atoms with E-state index >= 15 is 0 Å². The van der Waals surface area contributed by atoms with E-state index in [-0.39, 0.29) is 5.69 Å². The minimum Gasteiger partial charge on any atom is -0.543 e. The number of carboxylic acids is 1. The first-order valence-corrected chi connectivity index (χ1v) is 5.33. The van der Waals surface area contributed by atoms with Crippen LogP contribution < -0.4 is 5.11 Å². The Morgan fingerprint density at radius 3 is 2.38 bits per heavy atom. The van der Waals surface area contributed by atoms with Crippen LogP contribution in [0.2, 0.25) is 0 Å². The molecule has 0 aliphatic rings. The maximum atomic E-state index is 11.7. The van der Waals surface area contributed by atoms with Gasteiger partial charge in [0.15, 0.2) is 0 Å². The molecule has 0 saturated carbocycles. The van der Waals surface area contributed by atoms with Crippen molar-refractivity contribution < 1.29 is 19.4 Å². The van der Waals surface area contributed by atoms with E-state index in [9.17, 15) is 14.7 Å². The van der Waals surface area contributed by atoms with Crippen molar-refractivity contribution in [2.45, 2.75) is 26.4 Å². The van der Waals surface area contributed by atoms with Crippen molar-refractivity contribution in [2.24, 2.45) is 0 Å². The molecule has 0 amide bonds. The number of carboxylic acid groups (broad SMARTS) is 1. The van der Waals surface area contributed by atoms with Crippen LogP contribution >= 0.6 is 15.9 Å². The van der Waals surface area contributed by atoms with Gasteiger partial charge in [-0.25, -0.2) is 9.36 Å². The summed E-state index contributed by atoms with van der Waals surface area (Å²) in [5, 5.41) is 10.7. The summed E-state index contributed by atoms with van der Waals surface area (Å²) in [6.07, 6.45) is -0.761. The van der Waals surface area contributed by atoms with Crippen molar-refractivity contribution in [3.63, 3.8) is 0 Å². The smallest absolute Gasteiger partial charge is 0.419 e. The third-order valence-corrected chi connectivity index (χ3v) is 2.24. The zero-order chi connectivity index (χ0) is 12.5. The molecule has 0 radical (unpaired) electrons. The Kier molecular flexibility index (Phi) is 3.42. The number of aromatic nitrogens is 1. The Balaban J connectivity index is 3.08. The average molecular weight is 289 g/mol. The first-order chi connectivity index (χ1) is 7.22. The molecule has 16 heavy (non-hydrogen) atoms. The molecule has 0 N–H and O–H groups in total. The van der Waals surface area contributed by atoms with Crippen molar-refractivity contribution >= 4 is 28.0 Å². The third kappa shape index (κ3) is 2.85. The number of nitrogens with zero attached hydrogens (tertiary/aromatic N) is 1. The van der Waals surface area contributed by atoms with Crippen LogP contribution in [-0.2, 0) is 4.74 Å². The lowest BCUT2D eigenvalue weighted by atomic mass is 10.2. The van der Waals surface area contributed by atoms with Crippen LogP contribution in [-0.4, -0.2) is 22.2 Å². The van der Waals surface area contributed by atoms with Gasteiger partial charge >= 0.3 is 6.09 Å². The number of carbonyl (C=O) groups excluding carboxylic acids is 2. The van der Waals surface area contributed by atoms with Crippen LogP contribution in [0.4, 0.5) is 4.79 Å². The highest BCUT2D eigenvalue weighted by Gasteiger charge is 2.21. The minimum absolute atomic E-state index is 0.249. The Labute approximate surface area is 101 Å². The predicted octanol–water partition coefficient (Wildman–Crippen LogP) is 1.40. The molecule has 0 bridgehead atoms. The Hall–Kier alpha value is -1.30. The standard InChI is InChI=1S/C10H12BrNO4/c1-10(2,3)16-9(15)12-6(8(13)14)4-5-7(12)11/h4-5H,1-3H3,(H,13,14)/p-1. The van der Waals surface area contributed by atoms with Gasteiger partial charge in [-0.2, -0.15) is 0 Å². The Morgan fingerprint density at radius 1 is 1.38 bits per heavy atom. The summed E-state index contributed by atoms with van der Waals surface area (Å²) in [7, 11) is 0. The fourth-order valence-electron chi connectivity index (χ4n) is 1.06. The number of hydrogen-bond acceptors (Lipinski definition) is 4. The topological polar surface area (TPSA) is 71.4 Å². The molecule has 0 saturated heterocycles. The van der Waals surface area contributed by atoms with Crippen LogP contribution in [0, 0.1) is 0 Å². The van der Waals surface area contributed by atoms with Crippen LogP contribution in [0.15, 0.2) is 16.7 Å². The van der Waals surface area contributed by atoms with E-state index in [4.69, 9.17) is 4.74 Å². The van der Waals surface area contributed by atoms with Gasteiger partial charge in [-0.3, -0.25) is 0 Å². The van der Waals surface area contributed by atoms with Gasteiger partial charge in [0.2, 0.25) is 0 Å². The van der Waals surface area contributed by atoms with E-state index < -0.39 is 17.7 Å². The first kappa shape index (κ1) is 12.8. The fraction of sp³-hybridized carbons (Fsp3) is 0.400. The lowest BCUT2D eigenvalue weighted by Gasteiger charge is -2.21. The van der Waals surface area contributed by atoms with Crippen molar-refractivity contribution in [3.05, 3.63) is 22.4 Å². The van der Waals surface area contributed by atoms with Crippen LogP contribution in [0.3, 0.4) is 0 Å². The van der Waals surface area contributed by atoms with Gasteiger partial charge < -0.3 is 14.6 Å². The molecule has 5 nitrogen and oxygen atoms in total. The van der Waals surface area contributed by atoms with Gasteiger partial charge in [0.1, 0.15) is 5.60 Å². The highest BCUT2D eigenvalue weighted by molar-refractivity contribution is 9.10. The Bertz CT molecular complexity index is 431. The zero-order valence-electron chi connectivity index (χ0n) is 9.11. The molecule has 1 heterocycles. The van der Waals surface area contributed by atoms with E-state index in [1.807, 2.05) is 0 Å². The number of rotatable bonds is 1. The van der Waals surface area contributed by atoms with Crippen LogP contribution in [0.25, 0.3) is 0 Å². The largest absolute Gasteiger partial charge is 0.543 e. The highest BCUT2D eigenvalue weighted by Crippen LogP contribution is 2.18. The van der Waals surface area contributed by atoms with Gasteiger partial charge in [0.05, 0.1) is 16.3 Å². The number of ether oxygens (including phenoxy) is 1. The number of carbonyl (C=O) groups is 2. The zero-order valence-corrected chi connectivity index (χ0v) is 10.7. The minimum atomic E-state index is -1.43. The molecule has 0 aliphatic carbocycles. The summed E-state index contributed by atoms with van der Waals surface area (Å²) in [5.74, 6) is -1.43. The third-order valence-electron chi connectivity index (χ3n) is 1.62. The molecule has 6 heteroatoms. The Morgan fingerprint density at radius 2 is 1.94 bits per heavy atom. The van der Waals surface area contributed by atoms with Gasteiger partial charge in [-0.15, -0.1) is 0 Å². The fourth-order valence-corrected chi connectivity index (χ4v) is 1.53. The summed E-state index contributed by atoms with van der Waals surface area (Å²) in [6.45, 7) is 5.09. The van der Waals surface area contributed by atoms with E-state index in [2.05, 4.69) is 15.9 Å². The maximum absolute atomic E-state index is 11.7. The van der Waals surface area contributed by atoms with Crippen molar-refractivity contribution in [1.82, 2.24) is 4.57 Å². The van der Waals surface area contributed by atoms with E-state index in [0.29, 0.717) is 4.60 Å². The lowest BCUT2D eigenvalue weighted by Crippen LogP contribution is -2.32. The van der Waals surface area contributed by atoms with Gasteiger partial charge in [0, 0.05) is 0 Å². The lowest BCUT2D eigenvalue weighted by molar-refractivity contribution is -0.255. The second kappa shape index (κ2) is 4.29. The summed E-state index contributed by atoms with van der Waals surface area (Å²) in [6, 6.07) is 2.71. The van der Waals surface area contributed by atoms with Gasteiger partial charge in [-0.1, -0.05) is 0 Å². The molecule has 1 aromatic rings. The van der Waals surface area contributed by atoms with Crippen LogP contribution in [0.1, 0.15) is 31.3 Å². The second-order valence-corrected chi connectivity index (χ2v) is 4.96. The van der Waals surface area contributed by atoms with E-state index in [1.54, 1.807) is 20.8 Å². The number of aromatic carboxylic acids is 1. The van der Waals surface area contributed by atoms with Crippen molar-refractivity contribution in [2.75, 3.05) is 0 Å². The SMILES string of the molecule is CC(C)(C)OC(=O)n1c(Br)ccc1C(=O)[O-]. The molecule has 0 atom stereocenters. The second-order valence-electron chi connectivity index (χ2n) is 4.14. The number of hydrogen-bond donors (Lipinski definition) is 0. The first-order valence-electron chi connectivity index (χ1n) is 4.54. The van der Waals surface area contributed by atoms with Crippen molar-refractivity contribution in [3.8, 4) is 0 Å². The molecule has 0 aromatic carbocycles. The van der Waals surface area contributed by atoms with Crippen molar-refractivity contribution in [1.29, 1.82) is 0 Å². The van der Waals surface area contributed by atoms with E-state index in [1.165, 1.54) is 12.1 Å².